The van der Waals surface area contributed by atoms with Crippen LogP contribution in [0.15, 0.2) is 18.2 Å². The van der Waals surface area contributed by atoms with Crippen LogP contribution in [-0.4, -0.2) is 12.6 Å². The average molecular weight is 272 g/mol. The van der Waals surface area contributed by atoms with Crippen LogP contribution in [0.2, 0.25) is 10.0 Å². The standard InChI is InChI=1S/C14H19Cl2N/c1-2-17-12-7-6-10(9-12)8-11-4-3-5-13(15)14(11)16/h3-5,10,12,17H,2,6-9H2,1H3. The van der Waals surface area contributed by atoms with Crippen LogP contribution >= 0.6 is 23.2 Å². The number of halogens is 2. The second-order valence-electron chi connectivity index (χ2n) is 4.85. The molecule has 0 heterocycles. The molecule has 0 amide bonds. The highest BCUT2D eigenvalue weighted by Gasteiger charge is 2.24. The molecule has 0 radical (unpaired) electrons. The van der Waals surface area contributed by atoms with Gasteiger partial charge in [0.25, 0.3) is 0 Å². The molecule has 1 aliphatic rings. The van der Waals surface area contributed by atoms with Gasteiger partial charge in [-0.25, -0.2) is 0 Å². The van der Waals surface area contributed by atoms with Crippen LogP contribution in [0, 0.1) is 5.92 Å². The lowest BCUT2D eigenvalue weighted by Crippen LogP contribution is -2.25. The average Bonchev–Trinajstić information content (AvgIpc) is 2.73. The summed E-state index contributed by atoms with van der Waals surface area (Å²) in [6.45, 7) is 3.23. The highest BCUT2D eigenvalue weighted by atomic mass is 35.5. The van der Waals surface area contributed by atoms with Crippen LogP contribution in [0.3, 0.4) is 0 Å². The predicted molar refractivity (Wildman–Crippen MR) is 75.0 cm³/mol. The minimum Gasteiger partial charge on any atom is -0.314 e. The Morgan fingerprint density at radius 3 is 2.88 bits per heavy atom. The van der Waals surface area contributed by atoms with Crippen LogP contribution < -0.4 is 5.32 Å². The molecule has 0 spiro atoms. The lowest BCUT2D eigenvalue weighted by atomic mass is 9.98. The van der Waals surface area contributed by atoms with Crippen LogP contribution in [0.25, 0.3) is 0 Å². The molecule has 1 N–H and O–H groups in total. The first-order valence-corrected chi connectivity index (χ1v) is 7.12. The molecule has 1 aromatic carbocycles. The zero-order chi connectivity index (χ0) is 12.3. The maximum atomic E-state index is 6.22. The van der Waals surface area contributed by atoms with Crippen molar-refractivity contribution in [3.63, 3.8) is 0 Å². The molecule has 1 aromatic rings. The van der Waals surface area contributed by atoms with Crippen molar-refractivity contribution >= 4 is 23.2 Å². The van der Waals surface area contributed by atoms with E-state index >= 15 is 0 Å². The molecule has 1 saturated carbocycles. The van der Waals surface area contributed by atoms with Gasteiger partial charge in [-0.15, -0.1) is 0 Å². The highest BCUT2D eigenvalue weighted by molar-refractivity contribution is 6.42. The van der Waals surface area contributed by atoms with Gasteiger partial charge in [0.15, 0.2) is 0 Å². The van der Waals surface area contributed by atoms with Gasteiger partial charge in [0, 0.05) is 6.04 Å². The van der Waals surface area contributed by atoms with Gasteiger partial charge in [-0.05, 0) is 49.8 Å². The fraction of sp³-hybridized carbons (Fsp3) is 0.571. The number of hydrogen-bond donors (Lipinski definition) is 1. The Balaban J connectivity index is 1.96. The SMILES string of the molecule is CCNC1CCC(Cc2cccc(Cl)c2Cl)C1. The summed E-state index contributed by atoms with van der Waals surface area (Å²) >= 11 is 12.3. The third kappa shape index (κ3) is 3.37. The number of hydrogen-bond acceptors (Lipinski definition) is 1. The van der Waals surface area contributed by atoms with Crippen molar-refractivity contribution in [1.82, 2.24) is 5.32 Å². The second kappa shape index (κ2) is 6.08. The van der Waals surface area contributed by atoms with E-state index in [0.717, 1.165) is 23.9 Å². The summed E-state index contributed by atoms with van der Waals surface area (Å²) in [5.74, 6) is 0.745. The summed E-state index contributed by atoms with van der Waals surface area (Å²) in [6, 6.07) is 6.63. The van der Waals surface area contributed by atoms with Gasteiger partial charge in [-0.1, -0.05) is 42.3 Å². The Labute approximate surface area is 114 Å². The highest BCUT2D eigenvalue weighted by Crippen LogP contribution is 2.33. The van der Waals surface area contributed by atoms with E-state index in [1.54, 1.807) is 0 Å². The van der Waals surface area contributed by atoms with Crippen molar-refractivity contribution in [2.24, 2.45) is 5.92 Å². The van der Waals surface area contributed by atoms with Crippen molar-refractivity contribution in [2.75, 3.05) is 6.54 Å². The van der Waals surface area contributed by atoms with Gasteiger partial charge in [0.1, 0.15) is 0 Å². The maximum Gasteiger partial charge on any atom is 0.0624 e. The van der Waals surface area contributed by atoms with Crippen LogP contribution in [0.5, 0.6) is 0 Å². The Kier molecular flexibility index (Phi) is 4.72. The van der Waals surface area contributed by atoms with Crippen LogP contribution in [0.1, 0.15) is 31.7 Å². The maximum absolute atomic E-state index is 6.22. The Morgan fingerprint density at radius 1 is 1.29 bits per heavy atom. The Morgan fingerprint density at radius 2 is 2.12 bits per heavy atom. The summed E-state index contributed by atoms with van der Waals surface area (Å²) < 4.78 is 0. The van der Waals surface area contributed by atoms with Gasteiger partial charge >= 0.3 is 0 Å². The van der Waals surface area contributed by atoms with Crippen LogP contribution in [0.4, 0.5) is 0 Å². The molecule has 2 atom stereocenters. The molecule has 2 unspecified atom stereocenters. The van der Waals surface area contributed by atoms with E-state index in [-0.39, 0.29) is 0 Å². The molecule has 1 fully saturated rings. The van der Waals surface area contributed by atoms with Crippen molar-refractivity contribution in [3.8, 4) is 0 Å². The third-order valence-corrected chi connectivity index (χ3v) is 4.43. The van der Waals surface area contributed by atoms with E-state index in [1.807, 2.05) is 12.1 Å². The first kappa shape index (κ1) is 13.2. The number of nitrogens with one attached hydrogen (secondary N) is 1. The molecule has 1 nitrogen and oxygen atoms in total. The minimum atomic E-state index is 0.672. The van der Waals surface area contributed by atoms with Crippen LogP contribution in [-0.2, 0) is 6.42 Å². The lowest BCUT2D eigenvalue weighted by molar-refractivity contribution is 0.493. The predicted octanol–water partition coefficient (Wildman–Crippen LogP) is 4.31. The number of benzene rings is 1. The zero-order valence-electron chi connectivity index (χ0n) is 10.2. The van der Waals surface area contributed by atoms with Crippen molar-refractivity contribution < 1.29 is 0 Å². The smallest absolute Gasteiger partial charge is 0.0624 e. The Bertz CT molecular complexity index is 378. The molecule has 17 heavy (non-hydrogen) atoms. The molecule has 0 aromatic heterocycles. The van der Waals surface area contributed by atoms with Gasteiger partial charge in [-0.3, -0.25) is 0 Å². The van der Waals surface area contributed by atoms with Gasteiger partial charge in [0.05, 0.1) is 10.0 Å². The summed E-state index contributed by atoms with van der Waals surface area (Å²) in [6.07, 6.45) is 4.90. The first-order chi connectivity index (χ1) is 8.20. The van der Waals surface area contributed by atoms with E-state index in [9.17, 15) is 0 Å². The fourth-order valence-corrected chi connectivity index (χ4v) is 3.15. The van der Waals surface area contributed by atoms with E-state index in [0.29, 0.717) is 11.1 Å². The summed E-state index contributed by atoms with van der Waals surface area (Å²) in [5, 5.41) is 4.94. The van der Waals surface area contributed by atoms with Gasteiger partial charge < -0.3 is 5.32 Å². The summed E-state index contributed by atoms with van der Waals surface area (Å²) in [4.78, 5) is 0. The second-order valence-corrected chi connectivity index (χ2v) is 5.64. The lowest BCUT2D eigenvalue weighted by Gasteiger charge is -2.13. The largest absolute Gasteiger partial charge is 0.314 e. The topological polar surface area (TPSA) is 12.0 Å². The Hall–Kier alpha value is -0.240. The molecular weight excluding hydrogens is 253 g/mol. The van der Waals surface area contributed by atoms with Gasteiger partial charge in [-0.2, -0.15) is 0 Å². The van der Waals surface area contributed by atoms with Crippen molar-refractivity contribution in [1.29, 1.82) is 0 Å². The summed E-state index contributed by atoms with van der Waals surface area (Å²) in [5.41, 5.74) is 1.20. The zero-order valence-corrected chi connectivity index (χ0v) is 11.7. The summed E-state index contributed by atoms with van der Waals surface area (Å²) in [7, 11) is 0. The monoisotopic (exact) mass is 271 g/mol. The molecule has 3 heteroatoms. The molecule has 2 rings (SSSR count). The van der Waals surface area contributed by atoms with E-state index in [1.165, 1.54) is 24.8 Å². The third-order valence-electron chi connectivity index (χ3n) is 3.57. The van der Waals surface area contributed by atoms with E-state index in [2.05, 4.69) is 18.3 Å². The fourth-order valence-electron chi connectivity index (χ4n) is 2.75. The van der Waals surface area contributed by atoms with Crippen molar-refractivity contribution in [3.05, 3.63) is 33.8 Å². The van der Waals surface area contributed by atoms with E-state index in [4.69, 9.17) is 23.2 Å². The first-order valence-electron chi connectivity index (χ1n) is 6.37. The molecule has 0 saturated heterocycles. The molecule has 0 bridgehead atoms. The molecule has 0 aliphatic heterocycles. The minimum absolute atomic E-state index is 0.672. The van der Waals surface area contributed by atoms with Crippen molar-refractivity contribution in [2.45, 2.75) is 38.6 Å². The number of rotatable bonds is 4. The molecule has 1 aliphatic carbocycles. The van der Waals surface area contributed by atoms with Gasteiger partial charge in [0.2, 0.25) is 0 Å². The molecule has 94 valence electrons. The molecular formula is C14H19Cl2N. The normalized spacial score (nSPS) is 24.2. The van der Waals surface area contributed by atoms with E-state index < -0.39 is 0 Å². The quantitative estimate of drug-likeness (QED) is 0.861.